The molecule has 0 saturated heterocycles. The van der Waals surface area contributed by atoms with Crippen LogP contribution in [0.1, 0.15) is 0 Å². The maximum Gasteiger partial charge on any atom is 0.0501 e. The molecule has 2 rings (SSSR count). The second kappa shape index (κ2) is 9.83. The molecule has 0 bridgehead atoms. The van der Waals surface area contributed by atoms with E-state index in [4.69, 9.17) is 0 Å². The zero-order valence-corrected chi connectivity index (χ0v) is 13.5. The first-order valence-electron chi connectivity index (χ1n) is 5.00. The molecular weight excluding hydrogens is 280 g/mol. The van der Waals surface area contributed by atoms with E-state index in [0.717, 1.165) is 0 Å². The van der Waals surface area contributed by atoms with Crippen LogP contribution in [-0.4, -0.2) is 17.6 Å². The van der Waals surface area contributed by atoms with Crippen LogP contribution in [0.2, 0.25) is 26.2 Å². The molecule has 17 heavy (non-hydrogen) atoms. The van der Waals surface area contributed by atoms with Gasteiger partial charge in [-0.3, -0.25) is 0 Å². The average molecular weight is 292 g/mol. The van der Waals surface area contributed by atoms with Gasteiger partial charge in [-0.25, -0.2) is 0 Å². The Morgan fingerprint density at radius 3 is 0.941 bits per heavy atom. The third-order valence-corrected chi connectivity index (χ3v) is 4.38. The zero-order valence-electron chi connectivity index (χ0n) is 10.4. The van der Waals surface area contributed by atoms with Crippen molar-refractivity contribution in [1.82, 2.24) is 0 Å². The van der Waals surface area contributed by atoms with E-state index >= 15 is 0 Å². The van der Waals surface area contributed by atoms with Crippen LogP contribution in [0.3, 0.4) is 0 Å². The maximum absolute atomic E-state index is 2.95. The largest absolute Gasteiger partial charge is 0.0708 e. The Balaban J connectivity index is 0.000000284. The van der Waals surface area contributed by atoms with E-state index in [1.54, 1.807) is 0 Å². The molecule has 2 aliphatic rings. The van der Waals surface area contributed by atoms with Crippen molar-refractivity contribution >= 4 is 17.6 Å². The van der Waals surface area contributed by atoms with Crippen LogP contribution in [0.25, 0.3) is 0 Å². The van der Waals surface area contributed by atoms with E-state index < -0.39 is 0 Å². The summed E-state index contributed by atoms with van der Waals surface area (Å²) >= 11 is 0. The van der Waals surface area contributed by atoms with E-state index in [0.29, 0.717) is 0 Å². The van der Waals surface area contributed by atoms with E-state index in [-0.39, 0.29) is 34.7 Å². The second-order valence-corrected chi connectivity index (χ2v) is 8.75. The number of hydrogen-bond acceptors (Lipinski definition) is 0. The van der Waals surface area contributed by atoms with Crippen LogP contribution in [-0.2, 0) is 17.1 Å². The monoisotopic (exact) mass is 292 g/mol. The van der Waals surface area contributed by atoms with Gasteiger partial charge in [0, 0.05) is 17.1 Å². The average Bonchev–Trinajstić information content (AvgIpc) is 2.93. The van der Waals surface area contributed by atoms with Gasteiger partial charge in [-0.05, 0) is 62.4 Å². The van der Waals surface area contributed by atoms with Gasteiger partial charge >= 0.3 is 0 Å². The second-order valence-electron chi connectivity index (χ2n) is 3.75. The predicted molar refractivity (Wildman–Crippen MR) is 67.4 cm³/mol. The molecule has 2 saturated carbocycles. The molecule has 0 aromatic rings. The van der Waals surface area contributed by atoms with Crippen LogP contribution in [0.15, 0.2) is 0 Å². The third-order valence-electron chi connectivity index (χ3n) is 1.88. The Kier molecular flexibility index (Phi) is 10.4. The summed E-state index contributed by atoms with van der Waals surface area (Å²) in [6.07, 6.45) is 22.7. The van der Waals surface area contributed by atoms with Gasteiger partial charge < -0.3 is 0 Å². The Hall–Kier alpha value is 0.953. The van der Waals surface area contributed by atoms with Crippen LogP contribution in [0, 0.1) is 62.4 Å². The summed E-state index contributed by atoms with van der Waals surface area (Å²) in [5, 5.41) is 0. The van der Waals surface area contributed by atoms with Crippen molar-refractivity contribution in [3.63, 3.8) is 0 Å². The van der Waals surface area contributed by atoms with E-state index in [1.165, 1.54) is 11.1 Å². The first-order valence-corrected chi connectivity index (χ1v) is 10.0. The van der Waals surface area contributed by atoms with Crippen molar-refractivity contribution in [2.45, 2.75) is 26.2 Å². The molecule has 0 unspecified atom stereocenters. The van der Waals surface area contributed by atoms with Gasteiger partial charge in [0.2, 0.25) is 0 Å². The summed E-state index contributed by atoms with van der Waals surface area (Å²) in [7, 11) is -0.686. The standard InChI is InChI=1S/2C7H6Si.Fe/c2*1-8(2)7-5-3-4-6-7;/h2*1-2H3;. The van der Waals surface area contributed by atoms with Crippen LogP contribution < -0.4 is 0 Å². The predicted octanol–water partition coefficient (Wildman–Crippen LogP) is 2.38. The van der Waals surface area contributed by atoms with Crippen molar-refractivity contribution in [2.75, 3.05) is 0 Å². The number of rotatable bonds is 2. The van der Waals surface area contributed by atoms with Crippen LogP contribution >= 0.6 is 0 Å². The van der Waals surface area contributed by atoms with Gasteiger partial charge in [-0.1, -0.05) is 26.2 Å². The molecule has 0 spiro atoms. The molecular formula is C14H12FeSi2. The Morgan fingerprint density at radius 1 is 0.588 bits per heavy atom. The normalized spacial score (nSPS) is 21.5. The fourth-order valence-corrected chi connectivity index (χ4v) is 2.19. The summed E-state index contributed by atoms with van der Waals surface area (Å²) in [6.45, 7) is 8.81. The molecule has 2 fully saturated rings. The van der Waals surface area contributed by atoms with Crippen molar-refractivity contribution in [3.8, 4) is 0 Å². The molecule has 0 N–H and O–H groups in total. The fourth-order valence-electron chi connectivity index (χ4n) is 0.938. The summed E-state index contributed by atoms with van der Waals surface area (Å²) in [6, 6.07) is 0. The number of hydrogen-bond donors (Lipinski definition) is 0. The third kappa shape index (κ3) is 7.20. The van der Waals surface area contributed by atoms with Gasteiger partial charge in [0.25, 0.3) is 0 Å². The molecule has 0 aliphatic heterocycles. The molecule has 0 atom stereocenters. The van der Waals surface area contributed by atoms with Crippen molar-refractivity contribution in [1.29, 1.82) is 0 Å². The Morgan fingerprint density at radius 2 is 0.824 bits per heavy atom. The molecule has 0 aromatic carbocycles. The van der Waals surface area contributed by atoms with E-state index in [1.807, 2.05) is 0 Å². The van der Waals surface area contributed by atoms with Crippen molar-refractivity contribution in [3.05, 3.63) is 62.4 Å². The van der Waals surface area contributed by atoms with Gasteiger partial charge in [-0.15, -0.1) is 0 Å². The van der Waals surface area contributed by atoms with Crippen LogP contribution in [0.4, 0.5) is 0 Å². The summed E-state index contributed by atoms with van der Waals surface area (Å²) < 4.78 is 0. The Bertz CT molecular complexity index is 151. The molecule has 84 valence electrons. The van der Waals surface area contributed by atoms with Crippen molar-refractivity contribution in [2.24, 2.45) is 0 Å². The minimum Gasteiger partial charge on any atom is -0.0708 e. The minimum absolute atomic E-state index is 0. The van der Waals surface area contributed by atoms with E-state index in [9.17, 15) is 0 Å². The maximum atomic E-state index is 2.95. The first-order chi connectivity index (χ1) is 7.61. The van der Waals surface area contributed by atoms with Gasteiger partial charge in [0.05, 0.1) is 17.6 Å². The zero-order chi connectivity index (χ0) is 12.0. The fraction of sp³-hybridized carbons (Fsp3) is 0.286. The molecule has 3 heteroatoms. The molecule has 0 amide bonds. The van der Waals surface area contributed by atoms with Gasteiger partial charge in [0.1, 0.15) is 0 Å². The molecule has 20 radical (unpaired) electrons. The van der Waals surface area contributed by atoms with Crippen LogP contribution in [0.5, 0.6) is 0 Å². The summed E-state index contributed by atoms with van der Waals surface area (Å²) in [5.74, 6) is 0. The molecule has 0 heterocycles. The molecule has 2 aliphatic carbocycles. The SMILES string of the molecule is C[Si](C)[C]1[C][C][C][C]1.C[Si](C)[C]1[C][C][C][C]1.[Fe]. The van der Waals surface area contributed by atoms with Crippen molar-refractivity contribution < 1.29 is 17.1 Å². The summed E-state index contributed by atoms with van der Waals surface area (Å²) in [5.41, 5.74) is 2.35. The minimum atomic E-state index is -0.343. The first kappa shape index (κ1) is 18.0. The quantitative estimate of drug-likeness (QED) is 0.686. The Labute approximate surface area is 123 Å². The summed E-state index contributed by atoms with van der Waals surface area (Å²) in [4.78, 5) is 0. The van der Waals surface area contributed by atoms with Gasteiger partial charge in [-0.2, -0.15) is 0 Å². The molecule has 0 aromatic heterocycles. The topological polar surface area (TPSA) is 0 Å². The smallest absolute Gasteiger partial charge is 0.0501 e. The van der Waals surface area contributed by atoms with Gasteiger partial charge in [0.15, 0.2) is 0 Å². The van der Waals surface area contributed by atoms with E-state index in [2.05, 4.69) is 77.6 Å². The molecule has 0 nitrogen and oxygen atoms in total.